The van der Waals surface area contributed by atoms with Crippen LogP contribution in [0.1, 0.15) is 27.0 Å². The first-order chi connectivity index (χ1) is 11.0. The van der Waals surface area contributed by atoms with Gasteiger partial charge in [0, 0.05) is 5.56 Å². The minimum absolute atomic E-state index is 0.129. The highest BCUT2D eigenvalue weighted by atomic mass is 16.5. The van der Waals surface area contributed by atoms with Crippen molar-refractivity contribution in [2.75, 3.05) is 6.61 Å². The standard InChI is InChI=1S/C19H19NO3/c1-13-5-3-6-15(14(13)2)9-10-18(21)16-7-4-8-17(11-16)23-12-19(20)22/h3-11H,12H2,1-2H3,(H2,20,22)/b10-9+. The average molecular weight is 309 g/mol. The van der Waals surface area contributed by atoms with E-state index in [1.165, 1.54) is 11.6 Å². The zero-order chi connectivity index (χ0) is 16.8. The van der Waals surface area contributed by atoms with Gasteiger partial charge in [0.05, 0.1) is 0 Å². The Morgan fingerprint density at radius 3 is 2.61 bits per heavy atom. The van der Waals surface area contributed by atoms with Crippen molar-refractivity contribution in [2.24, 2.45) is 5.73 Å². The van der Waals surface area contributed by atoms with Gasteiger partial charge < -0.3 is 10.5 Å². The van der Waals surface area contributed by atoms with Crippen molar-refractivity contribution >= 4 is 17.8 Å². The molecule has 0 radical (unpaired) electrons. The van der Waals surface area contributed by atoms with Gasteiger partial charge in [-0.1, -0.05) is 36.4 Å². The topological polar surface area (TPSA) is 69.4 Å². The van der Waals surface area contributed by atoms with E-state index >= 15 is 0 Å². The highest BCUT2D eigenvalue weighted by molar-refractivity contribution is 6.07. The first-order valence-corrected chi connectivity index (χ1v) is 7.27. The van der Waals surface area contributed by atoms with Gasteiger partial charge in [-0.2, -0.15) is 0 Å². The average Bonchev–Trinajstić information content (AvgIpc) is 2.54. The Morgan fingerprint density at radius 1 is 1.13 bits per heavy atom. The fourth-order valence-corrected chi connectivity index (χ4v) is 2.11. The number of benzene rings is 2. The van der Waals surface area contributed by atoms with Gasteiger partial charge in [0.15, 0.2) is 12.4 Å². The summed E-state index contributed by atoms with van der Waals surface area (Å²) in [7, 11) is 0. The molecule has 0 aliphatic heterocycles. The van der Waals surface area contributed by atoms with E-state index in [-0.39, 0.29) is 12.4 Å². The number of hydrogen-bond donors (Lipinski definition) is 1. The van der Waals surface area contributed by atoms with Crippen LogP contribution in [0.2, 0.25) is 0 Å². The summed E-state index contributed by atoms with van der Waals surface area (Å²) in [5.41, 5.74) is 8.87. The van der Waals surface area contributed by atoms with Crippen LogP contribution in [-0.4, -0.2) is 18.3 Å². The molecule has 118 valence electrons. The minimum Gasteiger partial charge on any atom is -0.484 e. The van der Waals surface area contributed by atoms with Gasteiger partial charge in [0.25, 0.3) is 5.91 Å². The Morgan fingerprint density at radius 2 is 1.87 bits per heavy atom. The molecular weight excluding hydrogens is 290 g/mol. The molecule has 2 rings (SSSR count). The SMILES string of the molecule is Cc1cccc(/C=C/C(=O)c2cccc(OCC(N)=O)c2)c1C. The minimum atomic E-state index is -0.559. The van der Waals surface area contributed by atoms with Crippen LogP contribution in [0, 0.1) is 13.8 Å². The summed E-state index contributed by atoms with van der Waals surface area (Å²) in [5, 5.41) is 0. The van der Waals surface area contributed by atoms with E-state index in [2.05, 4.69) is 0 Å². The highest BCUT2D eigenvalue weighted by Crippen LogP contribution is 2.17. The number of allylic oxidation sites excluding steroid dienone is 1. The molecule has 0 saturated heterocycles. The van der Waals surface area contributed by atoms with Crippen LogP contribution in [0.3, 0.4) is 0 Å². The third kappa shape index (κ3) is 4.54. The van der Waals surface area contributed by atoms with E-state index < -0.39 is 5.91 Å². The first kappa shape index (κ1) is 16.5. The van der Waals surface area contributed by atoms with Crippen molar-refractivity contribution in [1.29, 1.82) is 0 Å². The number of primary amides is 1. The Balaban J connectivity index is 2.14. The van der Waals surface area contributed by atoms with Gasteiger partial charge in [0.1, 0.15) is 5.75 Å². The van der Waals surface area contributed by atoms with E-state index in [9.17, 15) is 9.59 Å². The summed E-state index contributed by atoms with van der Waals surface area (Å²) < 4.78 is 5.21. The molecule has 0 aliphatic carbocycles. The summed E-state index contributed by atoms with van der Waals surface area (Å²) in [5.74, 6) is -0.248. The van der Waals surface area contributed by atoms with Gasteiger partial charge in [-0.05, 0) is 48.7 Å². The van der Waals surface area contributed by atoms with Crippen LogP contribution in [0.5, 0.6) is 5.75 Å². The Labute approximate surface area is 135 Å². The molecule has 0 bridgehead atoms. The molecule has 0 spiro atoms. The van der Waals surface area contributed by atoms with Crippen molar-refractivity contribution in [2.45, 2.75) is 13.8 Å². The quantitative estimate of drug-likeness (QED) is 0.658. The molecule has 0 aromatic heterocycles. The van der Waals surface area contributed by atoms with Gasteiger partial charge in [-0.25, -0.2) is 0 Å². The molecule has 0 saturated carbocycles. The summed E-state index contributed by atoms with van der Waals surface area (Å²) in [6.07, 6.45) is 3.34. The van der Waals surface area contributed by atoms with Crippen LogP contribution in [0.4, 0.5) is 0 Å². The lowest BCUT2D eigenvalue weighted by molar-refractivity contribution is -0.119. The zero-order valence-corrected chi connectivity index (χ0v) is 13.2. The lowest BCUT2D eigenvalue weighted by Gasteiger charge is -2.05. The summed E-state index contributed by atoms with van der Waals surface area (Å²) in [4.78, 5) is 23.0. The Hall–Kier alpha value is -2.88. The van der Waals surface area contributed by atoms with E-state index in [1.807, 2.05) is 38.1 Å². The van der Waals surface area contributed by atoms with E-state index in [0.29, 0.717) is 11.3 Å². The van der Waals surface area contributed by atoms with Crippen LogP contribution < -0.4 is 10.5 Å². The number of ether oxygens (including phenoxy) is 1. The molecule has 4 nitrogen and oxygen atoms in total. The lowest BCUT2D eigenvalue weighted by Crippen LogP contribution is -2.20. The Kier molecular flexibility index (Phi) is 5.31. The molecule has 0 aliphatic rings. The molecule has 1 amide bonds. The van der Waals surface area contributed by atoms with Crippen LogP contribution in [-0.2, 0) is 4.79 Å². The summed E-state index contributed by atoms with van der Waals surface area (Å²) in [6.45, 7) is 3.85. The summed E-state index contributed by atoms with van der Waals surface area (Å²) in [6, 6.07) is 12.6. The highest BCUT2D eigenvalue weighted by Gasteiger charge is 2.05. The van der Waals surface area contributed by atoms with E-state index in [1.54, 1.807) is 24.3 Å². The molecule has 0 heterocycles. The van der Waals surface area contributed by atoms with Gasteiger partial charge in [-0.15, -0.1) is 0 Å². The number of hydrogen-bond acceptors (Lipinski definition) is 3. The van der Waals surface area contributed by atoms with E-state index in [0.717, 1.165) is 11.1 Å². The number of amides is 1. The molecule has 0 atom stereocenters. The van der Waals surface area contributed by atoms with Crippen molar-refractivity contribution < 1.29 is 14.3 Å². The smallest absolute Gasteiger partial charge is 0.255 e. The maximum absolute atomic E-state index is 12.3. The predicted octanol–water partition coefficient (Wildman–Crippen LogP) is 3.06. The molecule has 2 N–H and O–H groups in total. The number of rotatable bonds is 6. The third-order valence-electron chi connectivity index (χ3n) is 3.56. The van der Waals surface area contributed by atoms with Crippen LogP contribution in [0.25, 0.3) is 6.08 Å². The lowest BCUT2D eigenvalue weighted by atomic mass is 10.0. The van der Waals surface area contributed by atoms with Gasteiger partial charge in [-0.3, -0.25) is 9.59 Å². The number of ketones is 1. The molecule has 0 unspecified atom stereocenters. The number of carbonyl (C=O) groups excluding carboxylic acids is 2. The molecule has 0 fully saturated rings. The largest absolute Gasteiger partial charge is 0.484 e. The van der Waals surface area contributed by atoms with Crippen molar-refractivity contribution in [3.05, 3.63) is 70.8 Å². The van der Waals surface area contributed by atoms with Gasteiger partial charge >= 0.3 is 0 Å². The maximum atomic E-state index is 12.3. The fraction of sp³-hybridized carbons (Fsp3) is 0.158. The molecule has 2 aromatic carbocycles. The van der Waals surface area contributed by atoms with Crippen molar-refractivity contribution in [3.8, 4) is 5.75 Å². The number of nitrogens with two attached hydrogens (primary N) is 1. The predicted molar refractivity (Wildman–Crippen MR) is 90.4 cm³/mol. The molecular formula is C19H19NO3. The molecule has 4 heteroatoms. The van der Waals surface area contributed by atoms with Crippen molar-refractivity contribution in [3.63, 3.8) is 0 Å². The second-order valence-corrected chi connectivity index (χ2v) is 5.27. The zero-order valence-electron chi connectivity index (χ0n) is 13.2. The molecule has 2 aromatic rings. The fourth-order valence-electron chi connectivity index (χ4n) is 2.11. The first-order valence-electron chi connectivity index (χ1n) is 7.27. The number of carbonyl (C=O) groups is 2. The second kappa shape index (κ2) is 7.40. The van der Waals surface area contributed by atoms with Crippen LogP contribution >= 0.6 is 0 Å². The normalized spacial score (nSPS) is 10.7. The van der Waals surface area contributed by atoms with Crippen LogP contribution in [0.15, 0.2) is 48.5 Å². The van der Waals surface area contributed by atoms with E-state index in [4.69, 9.17) is 10.5 Å². The summed E-state index contributed by atoms with van der Waals surface area (Å²) >= 11 is 0. The monoisotopic (exact) mass is 309 g/mol. The number of aryl methyl sites for hydroxylation is 1. The molecule has 23 heavy (non-hydrogen) atoms. The third-order valence-corrected chi connectivity index (χ3v) is 3.56. The van der Waals surface area contributed by atoms with Gasteiger partial charge in [0.2, 0.25) is 0 Å². The van der Waals surface area contributed by atoms with Crippen molar-refractivity contribution in [1.82, 2.24) is 0 Å². The second-order valence-electron chi connectivity index (χ2n) is 5.27. The maximum Gasteiger partial charge on any atom is 0.255 e. The Bertz CT molecular complexity index is 763.